The van der Waals surface area contributed by atoms with E-state index in [1.807, 2.05) is 14.0 Å². The van der Waals surface area contributed by atoms with Gasteiger partial charge in [-0.25, -0.2) is 4.98 Å². The second kappa shape index (κ2) is 10.5. The van der Waals surface area contributed by atoms with E-state index in [2.05, 4.69) is 32.9 Å². The Labute approximate surface area is 160 Å². The third-order valence-corrected chi connectivity index (χ3v) is 4.96. The molecule has 1 aliphatic heterocycles. The highest BCUT2D eigenvalue weighted by atomic mass is 127. The quantitative estimate of drug-likeness (QED) is 0.289. The molecule has 1 saturated heterocycles. The predicted octanol–water partition coefficient (Wildman–Crippen LogP) is 3.13. The Morgan fingerprint density at radius 1 is 1.43 bits per heavy atom. The van der Waals surface area contributed by atoms with E-state index in [9.17, 15) is 0 Å². The van der Waals surface area contributed by atoms with Crippen molar-refractivity contribution in [1.29, 1.82) is 0 Å². The van der Waals surface area contributed by atoms with Gasteiger partial charge in [-0.05, 0) is 46.0 Å². The zero-order chi connectivity index (χ0) is 15.8. The monoisotopic (exact) mass is 452 g/mol. The number of aliphatic imine (C=N–C) groups is 1. The number of ether oxygens (including phenoxy) is 1. The highest BCUT2D eigenvalue weighted by Gasteiger charge is 2.29. The normalized spacial score (nSPS) is 21.1. The summed E-state index contributed by atoms with van der Waals surface area (Å²) in [6.07, 6.45) is 5.60. The molecule has 1 aliphatic rings. The first-order chi connectivity index (χ1) is 10.6. The van der Waals surface area contributed by atoms with Gasteiger partial charge in [0.1, 0.15) is 0 Å². The summed E-state index contributed by atoms with van der Waals surface area (Å²) in [5.74, 6) is 0.863. The molecule has 0 saturated carbocycles. The van der Waals surface area contributed by atoms with Crippen LogP contribution in [-0.4, -0.2) is 43.3 Å². The van der Waals surface area contributed by atoms with Crippen molar-refractivity contribution in [3.8, 4) is 0 Å². The topological polar surface area (TPSA) is 58.5 Å². The Kier molecular flexibility index (Phi) is 9.38. The number of guanidine groups is 1. The van der Waals surface area contributed by atoms with Crippen LogP contribution in [0.25, 0.3) is 0 Å². The van der Waals surface area contributed by atoms with Crippen LogP contribution < -0.4 is 10.6 Å². The molecule has 2 rings (SSSR count). The molecule has 1 fully saturated rings. The molecule has 132 valence electrons. The maximum absolute atomic E-state index is 5.78. The minimum Gasteiger partial charge on any atom is -0.373 e. The van der Waals surface area contributed by atoms with Gasteiger partial charge in [0.05, 0.1) is 10.6 Å². The number of aryl methyl sites for hydroxylation is 2. The fourth-order valence-electron chi connectivity index (χ4n) is 2.59. The third kappa shape index (κ3) is 7.34. The Morgan fingerprint density at radius 2 is 2.26 bits per heavy atom. The molecule has 0 radical (unpaired) electrons. The number of nitrogens with zero attached hydrogens (tertiary/aromatic N) is 2. The van der Waals surface area contributed by atoms with E-state index in [1.165, 1.54) is 5.01 Å². The van der Waals surface area contributed by atoms with Crippen molar-refractivity contribution in [2.24, 2.45) is 4.99 Å². The molecule has 7 heteroatoms. The fraction of sp³-hybridized carbons (Fsp3) is 0.750. The standard InChI is InChI=1S/C16H28N4OS.HI/c1-13-11-22-14(20-13)7-4-5-9-18-15(17-3)19-12-16(2)8-6-10-21-16;/h11H,4-10,12H2,1-3H3,(H2,17,18,19);1H. The maximum Gasteiger partial charge on any atom is 0.191 e. The van der Waals surface area contributed by atoms with Crippen LogP contribution >= 0.6 is 35.3 Å². The predicted molar refractivity (Wildman–Crippen MR) is 108 cm³/mol. The van der Waals surface area contributed by atoms with Crippen molar-refractivity contribution < 1.29 is 4.74 Å². The molecule has 2 N–H and O–H groups in total. The van der Waals surface area contributed by atoms with Gasteiger partial charge in [0.2, 0.25) is 0 Å². The smallest absolute Gasteiger partial charge is 0.191 e. The average Bonchev–Trinajstić information content (AvgIpc) is 3.11. The summed E-state index contributed by atoms with van der Waals surface area (Å²) < 4.78 is 5.78. The van der Waals surface area contributed by atoms with Crippen LogP contribution in [0, 0.1) is 6.92 Å². The molecule has 1 unspecified atom stereocenters. The zero-order valence-electron chi connectivity index (χ0n) is 14.4. The van der Waals surface area contributed by atoms with Crippen LogP contribution in [0.15, 0.2) is 10.4 Å². The van der Waals surface area contributed by atoms with Crippen molar-refractivity contribution in [1.82, 2.24) is 15.6 Å². The molecule has 0 aromatic carbocycles. The van der Waals surface area contributed by atoms with Gasteiger partial charge in [0.15, 0.2) is 5.96 Å². The summed E-state index contributed by atoms with van der Waals surface area (Å²) in [7, 11) is 1.81. The van der Waals surface area contributed by atoms with Crippen LogP contribution in [0.2, 0.25) is 0 Å². The van der Waals surface area contributed by atoms with Gasteiger partial charge in [0, 0.05) is 37.8 Å². The largest absolute Gasteiger partial charge is 0.373 e. The molecule has 5 nitrogen and oxygen atoms in total. The van der Waals surface area contributed by atoms with Gasteiger partial charge in [-0.3, -0.25) is 4.99 Å². The average molecular weight is 452 g/mol. The Balaban J connectivity index is 0.00000264. The molecule has 2 heterocycles. The molecule has 0 bridgehead atoms. The summed E-state index contributed by atoms with van der Waals surface area (Å²) in [4.78, 5) is 8.76. The lowest BCUT2D eigenvalue weighted by molar-refractivity contribution is 0.0243. The molecular formula is C16H29IN4OS. The van der Waals surface area contributed by atoms with E-state index in [4.69, 9.17) is 4.74 Å². The minimum absolute atomic E-state index is 0. The van der Waals surface area contributed by atoms with Crippen molar-refractivity contribution in [3.05, 3.63) is 16.1 Å². The Bertz CT molecular complexity index is 486. The van der Waals surface area contributed by atoms with E-state index in [1.54, 1.807) is 11.3 Å². The number of rotatable bonds is 7. The zero-order valence-corrected chi connectivity index (χ0v) is 17.5. The number of unbranched alkanes of at least 4 members (excludes halogenated alkanes) is 1. The molecule has 1 atom stereocenters. The number of hydrogen-bond acceptors (Lipinski definition) is 4. The van der Waals surface area contributed by atoms with Crippen LogP contribution in [0.5, 0.6) is 0 Å². The van der Waals surface area contributed by atoms with Gasteiger partial charge in [-0.1, -0.05) is 0 Å². The molecule has 23 heavy (non-hydrogen) atoms. The molecular weight excluding hydrogens is 423 g/mol. The second-order valence-corrected chi connectivity index (χ2v) is 7.04. The number of thiazole rings is 1. The van der Waals surface area contributed by atoms with Gasteiger partial charge in [-0.15, -0.1) is 35.3 Å². The van der Waals surface area contributed by atoms with Crippen LogP contribution in [0.3, 0.4) is 0 Å². The molecule has 0 aliphatic carbocycles. The first-order valence-corrected chi connectivity index (χ1v) is 8.99. The fourth-order valence-corrected chi connectivity index (χ4v) is 3.41. The first kappa shape index (κ1) is 20.6. The lowest BCUT2D eigenvalue weighted by Crippen LogP contribution is -2.45. The molecule has 1 aromatic rings. The van der Waals surface area contributed by atoms with Crippen LogP contribution in [-0.2, 0) is 11.2 Å². The van der Waals surface area contributed by atoms with Gasteiger partial charge >= 0.3 is 0 Å². The van der Waals surface area contributed by atoms with E-state index in [0.29, 0.717) is 0 Å². The lowest BCUT2D eigenvalue weighted by atomic mass is 10.0. The summed E-state index contributed by atoms with van der Waals surface area (Å²) in [5, 5.41) is 10.1. The van der Waals surface area contributed by atoms with Gasteiger partial charge in [0.25, 0.3) is 0 Å². The molecule has 0 spiro atoms. The number of halogens is 1. The molecule has 0 amide bonds. The minimum atomic E-state index is -0.0413. The van der Waals surface area contributed by atoms with Crippen LogP contribution in [0.4, 0.5) is 0 Å². The van der Waals surface area contributed by atoms with Crippen molar-refractivity contribution >= 4 is 41.3 Å². The summed E-state index contributed by atoms with van der Waals surface area (Å²) in [5.41, 5.74) is 1.09. The van der Waals surface area contributed by atoms with Gasteiger partial charge < -0.3 is 15.4 Å². The van der Waals surface area contributed by atoms with Crippen molar-refractivity contribution in [2.75, 3.05) is 26.7 Å². The number of hydrogen-bond donors (Lipinski definition) is 2. The van der Waals surface area contributed by atoms with E-state index in [0.717, 1.165) is 63.5 Å². The van der Waals surface area contributed by atoms with E-state index >= 15 is 0 Å². The molecule has 1 aromatic heterocycles. The third-order valence-electron chi connectivity index (χ3n) is 3.93. The number of aromatic nitrogens is 1. The van der Waals surface area contributed by atoms with Crippen molar-refractivity contribution in [3.63, 3.8) is 0 Å². The first-order valence-electron chi connectivity index (χ1n) is 8.11. The SMILES string of the molecule is CN=C(NCCCCc1nc(C)cs1)NCC1(C)CCCO1.I. The van der Waals surface area contributed by atoms with E-state index in [-0.39, 0.29) is 29.6 Å². The Morgan fingerprint density at radius 3 is 2.87 bits per heavy atom. The van der Waals surface area contributed by atoms with Gasteiger partial charge in [-0.2, -0.15) is 0 Å². The van der Waals surface area contributed by atoms with Crippen molar-refractivity contribution in [2.45, 2.75) is 51.6 Å². The Hall–Kier alpha value is -0.410. The van der Waals surface area contributed by atoms with E-state index < -0.39 is 0 Å². The summed E-state index contributed by atoms with van der Waals surface area (Å²) in [6, 6.07) is 0. The highest BCUT2D eigenvalue weighted by molar-refractivity contribution is 14.0. The number of nitrogens with one attached hydrogen (secondary N) is 2. The second-order valence-electron chi connectivity index (χ2n) is 6.09. The highest BCUT2D eigenvalue weighted by Crippen LogP contribution is 2.23. The van der Waals surface area contributed by atoms with Crippen LogP contribution in [0.1, 0.15) is 43.3 Å². The maximum atomic E-state index is 5.78. The summed E-state index contributed by atoms with van der Waals surface area (Å²) >= 11 is 1.76. The lowest BCUT2D eigenvalue weighted by Gasteiger charge is -2.24. The summed E-state index contributed by atoms with van der Waals surface area (Å²) in [6.45, 7) is 6.83.